The number of hydrogen-bond acceptors (Lipinski definition) is 4. The molecule has 6 nitrogen and oxygen atoms in total. The van der Waals surface area contributed by atoms with Crippen LogP contribution in [-0.4, -0.2) is 37.2 Å². The largest absolute Gasteiger partial charge is 0.392 e. The highest BCUT2D eigenvalue weighted by molar-refractivity contribution is 7.92. The van der Waals surface area contributed by atoms with Crippen LogP contribution < -0.4 is 0 Å². The molecular formula is C9H19N3O3S. The van der Waals surface area contributed by atoms with E-state index in [0.29, 0.717) is 0 Å². The second kappa shape index (κ2) is 5.52. The van der Waals surface area contributed by atoms with Gasteiger partial charge in [0.2, 0.25) is 0 Å². The van der Waals surface area contributed by atoms with E-state index in [1.54, 1.807) is 27.7 Å². The van der Waals surface area contributed by atoms with E-state index in [1.807, 2.05) is 0 Å². The maximum Gasteiger partial charge on any atom is 0.155 e. The van der Waals surface area contributed by atoms with Crippen LogP contribution in [0.15, 0.2) is 5.11 Å². The van der Waals surface area contributed by atoms with E-state index in [9.17, 15) is 13.5 Å². The second-order valence-corrected chi connectivity index (χ2v) is 7.37. The molecule has 0 aromatic rings. The molecule has 0 rings (SSSR count). The van der Waals surface area contributed by atoms with Gasteiger partial charge < -0.3 is 5.11 Å². The van der Waals surface area contributed by atoms with Crippen LogP contribution in [0.25, 0.3) is 10.4 Å². The number of sulfone groups is 1. The lowest BCUT2D eigenvalue weighted by Gasteiger charge is -2.29. The van der Waals surface area contributed by atoms with Gasteiger partial charge in [0.25, 0.3) is 0 Å². The van der Waals surface area contributed by atoms with Gasteiger partial charge in [-0.1, -0.05) is 19.0 Å². The molecule has 16 heavy (non-hydrogen) atoms. The van der Waals surface area contributed by atoms with Crippen molar-refractivity contribution in [2.75, 3.05) is 12.3 Å². The molecule has 0 radical (unpaired) electrons. The highest BCUT2D eigenvalue weighted by Crippen LogP contribution is 2.23. The fourth-order valence-corrected chi connectivity index (χ4v) is 2.23. The first kappa shape index (κ1) is 15.2. The highest BCUT2D eigenvalue weighted by atomic mass is 32.2. The van der Waals surface area contributed by atoms with Crippen LogP contribution in [0, 0.1) is 5.41 Å². The third kappa shape index (κ3) is 4.38. The smallest absolute Gasteiger partial charge is 0.155 e. The van der Waals surface area contributed by atoms with Crippen LogP contribution in [0.4, 0.5) is 0 Å². The van der Waals surface area contributed by atoms with E-state index in [-0.39, 0.29) is 12.3 Å². The first-order valence-electron chi connectivity index (χ1n) is 5.04. The van der Waals surface area contributed by atoms with Crippen molar-refractivity contribution in [3.63, 3.8) is 0 Å². The van der Waals surface area contributed by atoms with Crippen molar-refractivity contribution in [2.24, 2.45) is 10.5 Å². The van der Waals surface area contributed by atoms with Crippen LogP contribution in [0.3, 0.4) is 0 Å². The van der Waals surface area contributed by atoms with Gasteiger partial charge in [-0.2, -0.15) is 0 Å². The molecule has 0 aromatic carbocycles. The molecule has 1 atom stereocenters. The molecule has 0 saturated heterocycles. The number of aliphatic hydroxyl groups is 1. The van der Waals surface area contributed by atoms with Gasteiger partial charge in [0.05, 0.1) is 17.1 Å². The Balaban J connectivity index is 4.69. The Bertz CT molecular complexity index is 369. The average molecular weight is 249 g/mol. The molecule has 0 aromatic heterocycles. The zero-order valence-corrected chi connectivity index (χ0v) is 10.9. The summed E-state index contributed by atoms with van der Waals surface area (Å²) >= 11 is 0. The predicted octanol–water partition coefficient (Wildman–Crippen LogP) is 1.51. The van der Waals surface area contributed by atoms with E-state index >= 15 is 0 Å². The van der Waals surface area contributed by atoms with Gasteiger partial charge in [-0.05, 0) is 24.8 Å². The van der Waals surface area contributed by atoms with Gasteiger partial charge in [-0.15, -0.1) is 0 Å². The van der Waals surface area contributed by atoms with Gasteiger partial charge >= 0.3 is 0 Å². The maximum absolute atomic E-state index is 11.6. The fraction of sp³-hybridized carbons (Fsp3) is 1.00. The quantitative estimate of drug-likeness (QED) is 0.438. The summed E-state index contributed by atoms with van der Waals surface area (Å²) in [6, 6.07) is 0. The Morgan fingerprint density at radius 3 is 2.31 bits per heavy atom. The Hall–Kier alpha value is -0.780. The SMILES string of the molecule is CC(C)S(=O)(=O)CC(O)C(C)(C)CN=[N+]=[N-]. The topological polar surface area (TPSA) is 103 Å². The zero-order chi connectivity index (χ0) is 13.0. The molecule has 0 aliphatic heterocycles. The molecule has 0 fully saturated rings. The summed E-state index contributed by atoms with van der Waals surface area (Å²) in [4.78, 5) is 2.60. The summed E-state index contributed by atoms with van der Waals surface area (Å²) in [6.07, 6.45) is -1.04. The Morgan fingerprint density at radius 2 is 1.94 bits per heavy atom. The number of nitrogens with zero attached hydrogens (tertiary/aromatic N) is 3. The molecule has 94 valence electrons. The van der Waals surface area contributed by atoms with Crippen molar-refractivity contribution in [2.45, 2.75) is 39.0 Å². The van der Waals surface area contributed by atoms with Crippen LogP contribution in [0.2, 0.25) is 0 Å². The number of rotatable bonds is 6. The predicted molar refractivity (Wildman–Crippen MR) is 62.7 cm³/mol. The lowest BCUT2D eigenvalue weighted by Crippen LogP contribution is -2.39. The molecule has 0 amide bonds. The van der Waals surface area contributed by atoms with Gasteiger partial charge in [-0.3, -0.25) is 0 Å². The van der Waals surface area contributed by atoms with Crippen molar-refractivity contribution in [3.8, 4) is 0 Å². The first-order valence-corrected chi connectivity index (χ1v) is 6.75. The van der Waals surface area contributed by atoms with Crippen molar-refractivity contribution in [1.82, 2.24) is 0 Å². The molecule has 0 saturated carbocycles. The second-order valence-electron chi connectivity index (χ2n) is 4.77. The van der Waals surface area contributed by atoms with E-state index in [1.165, 1.54) is 0 Å². The summed E-state index contributed by atoms with van der Waals surface area (Å²) in [6.45, 7) is 6.55. The van der Waals surface area contributed by atoms with Gasteiger partial charge in [0, 0.05) is 11.5 Å². The average Bonchev–Trinajstić information content (AvgIpc) is 2.13. The lowest BCUT2D eigenvalue weighted by atomic mass is 9.88. The van der Waals surface area contributed by atoms with Gasteiger partial charge in [-0.25, -0.2) is 8.42 Å². The van der Waals surface area contributed by atoms with Crippen LogP contribution >= 0.6 is 0 Å². The summed E-state index contributed by atoms with van der Waals surface area (Å²) in [5.74, 6) is -0.307. The highest BCUT2D eigenvalue weighted by Gasteiger charge is 2.32. The third-order valence-electron chi connectivity index (χ3n) is 2.55. The normalized spacial score (nSPS) is 14.6. The molecule has 0 spiro atoms. The summed E-state index contributed by atoms with van der Waals surface area (Å²) in [7, 11) is -3.29. The fourth-order valence-electron chi connectivity index (χ4n) is 0.957. The van der Waals surface area contributed by atoms with Crippen molar-refractivity contribution < 1.29 is 13.5 Å². The first-order chi connectivity index (χ1) is 7.13. The maximum atomic E-state index is 11.6. The molecule has 1 N–H and O–H groups in total. The molecule has 0 heterocycles. The minimum atomic E-state index is -3.29. The van der Waals surface area contributed by atoms with Crippen molar-refractivity contribution in [3.05, 3.63) is 10.4 Å². The number of azide groups is 1. The van der Waals surface area contributed by atoms with Crippen LogP contribution in [-0.2, 0) is 9.84 Å². The molecule has 1 unspecified atom stereocenters. The molecular weight excluding hydrogens is 230 g/mol. The standard InChI is InChI=1S/C9H19N3O3S/c1-7(2)16(14,15)5-8(13)9(3,4)6-11-12-10/h7-8,13H,5-6H2,1-4H3. The van der Waals surface area contributed by atoms with Crippen molar-refractivity contribution >= 4 is 9.84 Å². The molecule has 7 heteroatoms. The number of aliphatic hydroxyl groups excluding tert-OH is 1. The molecule has 0 aliphatic carbocycles. The summed E-state index contributed by atoms with van der Waals surface area (Å²) in [5, 5.41) is 12.7. The Morgan fingerprint density at radius 1 is 1.44 bits per heavy atom. The lowest BCUT2D eigenvalue weighted by molar-refractivity contribution is 0.0751. The van der Waals surface area contributed by atoms with E-state index in [2.05, 4.69) is 10.0 Å². The third-order valence-corrected chi connectivity index (χ3v) is 4.77. The minimum absolute atomic E-state index is 0.0677. The molecule has 0 bridgehead atoms. The monoisotopic (exact) mass is 249 g/mol. The Kier molecular flexibility index (Phi) is 5.25. The van der Waals surface area contributed by atoms with Crippen LogP contribution in [0.1, 0.15) is 27.7 Å². The zero-order valence-electron chi connectivity index (χ0n) is 10.1. The van der Waals surface area contributed by atoms with E-state index in [0.717, 1.165) is 0 Å². The van der Waals surface area contributed by atoms with Crippen molar-refractivity contribution in [1.29, 1.82) is 0 Å². The van der Waals surface area contributed by atoms with Gasteiger partial charge in [0.15, 0.2) is 9.84 Å². The van der Waals surface area contributed by atoms with Gasteiger partial charge in [0.1, 0.15) is 0 Å². The van der Waals surface area contributed by atoms with E-state index in [4.69, 9.17) is 5.53 Å². The number of hydrogen-bond donors (Lipinski definition) is 1. The van der Waals surface area contributed by atoms with E-state index < -0.39 is 26.6 Å². The minimum Gasteiger partial charge on any atom is -0.392 e. The summed E-state index contributed by atoms with van der Waals surface area (Å²) < 4.78 is 23.2. The molecule has 0 aliphatic rings. The Labute approximate surface area is 96.2 Å². The summed E-state index contributed by atoms with van der Waals surface area (Å²) in [5.41, 5.74) is 7.45. The van der Waals surface area contributed by atoms with Crippen LogP contribution in [0.5, 0.6) is 0 Å².